The van der Waals surface area contributed by atoms with E-state index in [9.17, 15) is 0 Å². The van der Waals surface area contributed by atoms with Crippen molar-refractivity contribution < 1.29 is 4.74 Å². The van der Waals surface area contributed by atoms with E-state index in [1.165, 1.54) is 0 Å². The summed E-state index contributed by atoms with van der Waals surface area (Å²) in [6, 6.07) is 19.4. The van der Waals surface area contributed by atoms with E-state index in [0.717, 1.165) is 11.3 Å². The van der Waals surface area contributed by atoms with Crippen LogP contribution in [0.1, 0.15) is 0 Å². The van der Waals surface area contributed by atoms with E-state index >= 15 is 0 Å². The topological polar surface area (TPSA) is 35.0 Å². The Kier molecular flexibility index (Phi) is 3.74. The van der Waals surface area contributed by atoms with Crippen LogP contribution in [-0.2, 0) is 0 Å². The van der Waals surface area contributed by atoms with E-state index in [4.69, 9.17) is 4.74 Å². The lowest BCUT2D eigenvalue weighted by Crippen LogP contribution is -1.95. The van der Waals surface area contributed by atoms with Gasteiger partial charge >= 0.3 is 0 Å². The van der Waals surface area contributed by atoms with Crippen LogP contribution in [0.2, 0.25) is 0 Å². The van der Waals surface area contributed by atoms with Gasteiger partial charge in [0.2, 0.25) is 5.88 Å². The van der Waals surface area contributed by atoms with Crippen molar-refractivity contribution in [1.29, 1.82) is 0 Å². The Morgan fingerprint density at radius 1 is 0.850 bits per heavy atom. The normalized spacial score (nSPS) is 10.2. The van der Waals surface area contributed by atoms with Gasteiger partial charge in [-0.25, -0.2) is 9.97 Å². The molecule has 0 saturated carbocycles. The average Bonchev–Trinajstić information content (AvgIpc) is 2.51. The number of benzene rings is 2. The predicted octanol–water partition coefficient (Wildman–Crippen LogP) is 4.70. The van der Waals surface area contributed by atoms with Crippen LogP contribution < -0.4 is 4.74 Å². The molecule has 0 atom stereocenters. The van der Waals surface area contributed by atoms with Gasteiger partial charge in [0.05, 0.1) is 6.20 Å². The van der Waals surface area contributed by atoms with Crippen LogP contribution in [-0.4, -0.2) is 9.97 Å². The number of hydrogen-bond acceptors (Lipinski definition) is 3. The van der Waals surface area contributed by atoms with E-state index in [2.05, 4.69) is 25.9 Å². The molecule has 3 rings (SSSR count). The summed E-state index contributed by atoms with van der Waals surface area (Å²) in [5, 5.41) is 0. The van der Waals surface area contributed by atoms with Crippen LogP contribution in [0.15, 0.2) is 71.5 Å². The van der Waals surface area contributed by atoms with Crippen molar-refractivity contribution in [2.75, 3.05) is 0 Å². The van der Waals surface area contributed by atoms with E-state index in [1.807, 2.05) is 60.7 Å². The lowest BCUT2D eigenvalue weighted by Gasteiger charge is -2.09. The van der Waals surface area contributed by atoms with Crippen LogP contribution in [0.25, 0.3) is 11.3 Å². The fourth-order valence-electron chi connectivity index (χ4n) is 1.82. The second-order valence-corrected chi connectivity index (χ2v) is 4.94. The van der Waals surface area contributed by atoms with Gasteiger partial charge in [-0.05, 0) is 28.1 Å². The first-order valence-electron chi connectivity index (χ1n) is 6.14. The largest absolute Gasteiger partial charge is 0.437 e. The summed E-state index contributed by atoms with van der Waals surface area (Å²) in [6.45, 7) is 0. The summed E-state index contributed by atoms with van der Waals surface area (Å²) in [4.78, 5) is 8.79. The van der Waals surface area contributed by atoms with Gasteiger partial charge in [0.25, 0.3) is 0 Å². The van der Waals surface area contributed by atoms with Crippen LogP contribution in [0.5, 0.6) is 11.6 Å². The maximum Gasteiger partial charge on any atom is 0.246 e. The van der Waals surface area contributed by atoms with Crippen molar-refractivity contribution in [1.82, 2.24) is 9.97 Å². The summed E-state index contributed by atoms with van der Waals surface area (Å²) in [5.74, 6) is 1.23. The van der Waals surface area contributed by atoms with E-state index < -0.39 is 0 Å². The predicted molar refractivity (Wildman–Crippen MR) is 81.7 cm³/mol. The molecule has 0 saturated heterocycles. The molecule has 0 fully saturated rings. The third-order valence-electron chi connectivity index (χ3n) is 2.71. The molecule has 0 N–H and O–H groups in total. The van der Waals surface area contributed by atoms with E-state index in [-0.39, 0.29) is 0 Å². The fraction of sp³-hybridized carbons (Fsp3) is 0. The molecule has 0 spiro atoms. The van der Waals surface area contributed by atoms with Crippen LogP contribution in [0.4, 0.5) is 0 Å². The van der Waals surface area contributed by atoms with E-state index in [0.29, 0.717) is 16.2 Å². The first-order chi connectivity index (χ1) is 9.83. The second-order valence-electron chi connectivity index (χ2n) is 4.13. The van der Waals surface area contributed by atoms with E-state index in [1.54, 1.807) is 6.20 Å². The number of nitrogens with zero attached hydrogens (tertiary/aromatic N) is 2. The number of hydrogen-bond donors (Lipinski definition) is 0. The molecule has 0 aliphatic rings. The van der Waals surface area contributed by atoms with Gasteiger partial charge in [-0.3, -0.25) is 0 Å². The Bertz CT molecular complexity index is 702. The average molecular weight is 327 g/mol. The van der Waals surface area contributed by atoms with Gasteiger partial charge in [-0.15, -0.1) is 0 Å². The van der Waals surface area contributed by atoms with Crippen molar-refractivity contribution >= 4 is 15.9 Å². The fourth-order valence-corrected chi connectivity index (χ4v) is 2.10. The summed E-state index contributed by atoms with van der Waals surface area (Å²) in [6.07, 6.45) is 1.63. The molecule has 0 bridgehead atoms. The number of rotatable bonds is 3. The molecule has 0 radical (unpaired) electrons. The molecule has 0 aliphatic carbocycles. The summed E-state index contributed by atoms with van der Waals surface area (Å²) >= 11 is 3.35. The number of para-hydroxylation sites is 1. The first-order valence-corrected chi connectivity index (χ1v) is 6.93. The molecule has 1 heterocycles. The quantitative estimate of drug-likeness (QED) is 0.699. The maximum absolute atomic E-state index is 5.82. The highest BCUT2D eigenvalue weighted by Gasteiger charge is 2.11. The highest BCUT2D eigenvalue weighted by Crippen LogP contribution is 2.30. The Labute approximate surface area is 125 Å². The molecule has 0 aliphatic heterocycles. The molecule has 4 heteroatoms. The Hall–Kier alpha value is -2.20. The number of ether oxygens (including phenoxy) is 1. The Morgan fingerprint density at radius 3 is 2.20 bits per heavy atom. The molecule has 98 valence electrons. The monoisotopic (exact) mass is 326 g/mol. The minimum absolute atomic E-state index is 0.491. The molecular formula is C16H11BrN2O. The zero-order valence-electron chi connectivity index (χ0n) is 10.5. The molecule has 3 aromatic rings. The van der Waals surface area contributed by atoms with Gasteiger partial charge < -0.3 is 4.74 Å². The summed E-state index contributed by atoms with van der Waals surface area (Å²) < 4.78 is 6.50. The zero-order valence-corrected chi connectivity index (χ0v) is 12.1. The first kappa shape index (κ1) is 12.8. The van der Waals surface area contributed by atoms with Gasteiger partial charge in [-0.1, -0.05) is 48.5 Å². The van der Waals surface area contributed by atoms with Crippen molar-refractivity contribution in [2.45, 2.75) is 0 Å². The summed E-state index contributed by atoms with van der Waals surface area (Å²) in [7, 11) is 0. The van der Waals surface area contributed by atoms with Gasteiger partial charge in [0.1, 0.15) is 16.0 Å². The van der Waals surface area contributed by atoms with Crippen LogP contribution >= 0.6 is 15.9 Å². The third kappa shape index (κ3) is 2.86. The second kappa shape index (κ2) is 5.84. The molecule has 0 amide bonds. The SMILES string of the molecule is Brc1cnc(Oc2ccccc2)c(-c2ccccc2)n1. The molecule has 20 heavy (non-hydrogen) atoms. The highest BCUT2D eigenvalue weighted by molar-refractivity contribution is 9.10. The van der Waals surface area contributed by atoms with Crippen LogP contribution in [0, 0.1) is 0 Å². The van der Waals surface area contributed by atoms with Crippen molar-refractivity contribution in [2.24, 2.45) is 0 Å². The van der Waals surface area contributed by atoms with Gasteiger partial charge in [0.15, 0.2) is 0 Å². The zero-order chi connectivity index (χ0) is 13.8. The van der Waals surface area contributed by atoms with Crippen molar-refractivity contribution in [3.63, 3.8) is 0 Å². The maximum atomic E-state index is 5.82. The van der Waals surface area contributed by atoms with Crippen LogP contribution in [0.3, 0.4) is 0 Å². The van der Waals surface area contributed by atoms with Gasteiger partial charge in [0, 0.05) is 5.56 Å². The molecule has 2 aromatic carbocycles. The number of aromatic nitrogens is 2. The molecular weight excluding hydrogens is 316 g/mol. The van der Waals surface area contributed by atoms with Gasteiger partial charge in [-0.2, -0.15) is 0 Å². The lowest BCUT2D eigenvalue weighted by atomic mass is 10.1. The lowest BCUT2D eigenvalue weighted by molar-refractivity contribution is 0.462. The number of halogens is 1. The third-order valence-corrected chi connectivity index (χ3v) is 3.10. The summed E-state index contributed by atoms with van der Waals surface area (Å²) in [5.41, 5.74) is 1.68. The minimum Gasteiger partial charge on any atom is -0.437 e. The Balaban J connectivity index is 2.03. The molecule has 3 nitrogen and oxygen atoms in total. The van der Waals surface area contributed by atoms with Crippen molar-refractivity contribution in [3.8, 4) is 22.9 Å². The highest BCUT2D eigenvalue weighted by atomic mass is 79.9. The standard InChI is InChI=1S/C16H11BrN2O/c17-14-11-18-16(20-13-9-5-2-6-10-13)15(19-14)12-7-3-1-4-8-12/h1-11H. The smallest absolute Gasteiger partial charge is 0.246 e. The molecule has 0 unspecified atom stereocenters. The molecule has 1 aromatic heterocycles. The minimum atomic E-state index is 0.491. The Morgan fingerprint density at radius 2 is 1.50 bits per heavy atom. The van der Waals surface area contributed by atoms with Crippen molar-refractivity contribution in [3.05, 3.63) is 71.5 Å².